The summed E-state index contributed by atoms with van der Waals surface area (Å²) in [5.41, 5.74) is 0. The lowest BCUT2D eigenvalue weighted by molar-refractivity contribution is 0.259. The van der Waals surface area contributed by atoms with Crippen molar-refractivity contribution in [2.75, 3.05) is 25.1 Å². The summed E-state index contributed by atoms with van der Waals surface area (Å²) >= 11 is 0. The van der Waals surface area contributed by atoms with E-state index in [9.17, 15) is 8.42 Å². The Balaban J connectivity index is 0.00000288. The zero-order valence-corrected chi connectivity index (χ0v) is 18.2. The van der Waals surface area contributed by atoms with Crippen molar-refractivity contribution in [3.8, 4) is 0 Å². The fourth-order valence-electron chi connectivity index (χ4n) is 3.75. The highest BCUT2D eigenvalue weighted by molar-refractivity contribution is 14.0. The Morgan fingerprint density at radius 1 is 1.12 bits per heavy atom. The topological polar surface area (TPSA) is 70.6 Å². The Bertz CT molecular complexity index is 488. The van der Waals surface area contributed by atoms with Crippen LogP contribution < -0.4 is 10.6 Å². The molecule has 0 radical (unpaired) electrons. The minimum atomic E-state index is -2.84. The molecule has 2 N–H and O–H groups in total. The monoisotopic (exact) mass is 471 g/mol. The van der Waals surface area contributed by atoms with Gasteiger partial charge in [-0.2, -0.15) is 0 Å². The summed E-state index contributed by atoms with van der Waals surface area (Å²) in [5, 5.41) is 6.65. The summed E-state index contributed by atoms with van der Waals surface area (Å²) in [4.78, 5) is 4.24. The number of unbranched alkanes of at least 4 members (excludes halogenated alkanes) is 1. The maximum absolute atomic E-state index is 11.5. The number of nitrogens with one attached hydrogen (secondary N) is 2. The van der Waals surface area contributed by atoms with Crippen molar-refractivity contribution in [1.82, 2.24) is 10.6 Å². The predicted octanol–water partition coefficient (Wildman–Crippen LogP) is 2.95. The van der Waals surface area contributed by atoms with Crippen LogP contribution in [0.4, 0.5) is 0 Å². The molecule has 1 aliphatic carbocycles. The van der Waals surface area contributed by atoms with Gasteiger partial charge < -0.3 is 10.6 Å². The van der Waals surface area contributed by atoms with E-state index in [0.29, 0.717) is 12.2 Å². The molecule has 2 rings (SSSR count). The predicted molar refractivity (Wildman–Crippen MR) is 112 cm³/mol. The molecule has 2 fully saturated rings. The molecule has 1 heterocycles. The van der Waals surface area contributed by atoms with Crippen molar-refractivity contribution >= 4 is 39.8 Å². The van der Waals surface area contributed by atoms with E-state index in [2.05, 4.69) is 22.5 Å². The van der Waals surface area contributed by atoms with Crippen LogP contribution in [0.15, 0.2) is 4.99 Å². The number of sulfone groups is 1. The van der Waals surface area contributed by atoms with Crippen molar-refractivity contribution in [2.24, 2.45) is 16.8 Å². The van der Waals surface area contributed by atoms with Gasteiger partial charge in [-0.15, -0.1) is 24.0 Å². The van der Waals surface area contributed by atoms with Crippen molar-refractivity contribution in [1.29, 1.82) is 0 Å². The quantitative estimate of drug-likeness (QED) is 0.355. The molecule has 1 unspecified atom stereocenters. The summed E-state index contributed by atoms with van der Waals surface area (Å²) in [6.45, 7) is 3.21. The van der Waals surface area contributed by atoms with E-state index in [1.807, 2.05) is 0 Å². The third-order valence-electron chi connectivity index (χ3n) is 5.29. The maximum atomic E-state index is 11.5. The smallest absolute Gasteiger partial charge is 0.191 e. The first kappa shape index (κ1) is 22.0. The van der Waals surface area contributed by atoms with Gasteiger partial charge in [-0.05, 0) is 31.1 Å². The third kappa shape index (κ3) is 7.45. The first-order chi connectivity index (χ1) is 11.0. The fourth-order valence-corrected chi connectivity index (χ4v) is 5.43. The summed E-state index contributed by atoms with van der Waals surface area (Å²) in [6, 6.07) is 0.0102. The molecule has 7 heteroatoms. The lowest BCUT2D eigenvalue weighted by atomic mass is 9.80. The molecule has 0 aromatic rings. The van der Waals surface area contributed by atoms with Crippen LogP contribution in [-0.2, 0) is 9.84 Å². The molecule has 1 saturated heterocycles. The van der Waals surface area contributed by atoms with Crippen molar-refractivity contribution in [3.05, 3.63) is 0 Å². The van der Waals surface area contributed by atoms with Gasteiger partial charge in [0.15, 0.2) is 15.8 Å². The lowest BCUT2D eigenvalue weighted by Gasteiger charge is -2.29. The molecular weight excluding hydrogens is 437 g/mol. The number of hydrogen-bond donors (Lipinski definition) is 2. The molecule has 1 aliphatic heterocycles. The molecule has 0 spiro atoms. The number of halogens is 1. The second kappa shape index (κ2) is 10.8. The molecule has 0 aromatic heterocycles. The van der Waals surface area contributed by atoms with Gasteiger partial charge in [0.1, 0.15) is 0 Å². The van der Waals surface area contributed by atoms with E-state index in [1.54, 1.807) is 7.05 Å². The summed E-state index contributed by atoms with van der Waals surface area (Å²) < 4.78 is 23.0. The van der Waals surface area contributed by atoms with Gasteiger partial charge in [0, 0.05) is 19.6 Å². The molecule has 142 valence electrons. The summed E-state index contributed by atoms with van der Waals surface area (Å²) in [6.07, 6.45) is 10.1. The van der Waals surface area contributed by atoms with Gasteiger partial charge in [-0.3, -0.25) is 4.99 Å². The van der Waals surface area contributed by atoms with Crippen LogP contribution in [-0.4, -0.2) is 45.5 Å². The minimum Gasteiger partial charge on any atom is -0.356 e. The van der Waals surface area contributed by atoms with Crippen molar-refractivity contribution in [3.63, 3.8) is 0 Å². The number of hydrogen-bond acceptors (Lipinski definition) is 3. The molecular formula is C17H34IN3O2S. The van der Waals surface area contributed by atoms with E-state index in [4.69, 9.17) is 0 Å². The normalized spacial score (nSPS) is 29.8. The number of nitrogens with zero attached hydrogens (tertiary/aromatic N) is 1. The van der Waals surface area contributed by atoms with E-state index >= 15 is 0 Å². The molecule has 0 bridgehead atoms. The molecule has 5 nitrogen and oxygen atoms in total. The Labute approximate surface area is 164 Å². The van der Waals surface area contributed by atoms with Crippen LogP contribution in [0, 0.1) is 11.8 Å². The molecule has 1 atom stereocenters. The van der Waals surface area contributed by atoms with Gasteiger partial charge in [0.25, 0.3) is 0 Å². The van der Waals surface area contributed by atoms with Crippen LogP contribution in [0.1, 0.15) is 58.3 Å². The second-order valence-corrected chi connectivity index (χ2v) is 9.46. The van der Waals surface area contributed by atoms with Crippen LogP contribution in [0.25, 0.3) is 0 Å². The van der Waals surface area contributed by atoms with Crippen LogP contribution in [0.3, 0.4) is 0 Å². The van der Waals surface area contributed by atoms with Gasteiger partial charge >= 0.3 is 0 Å². The Morgan fingerprint density at radius 2 is 1.79 bits per heavy atom. The van der Waals surface area contributed by atoms with Gasteiger partial charge in [-0.1, -0.05) is 39.0 Å². The Kier molecular flexibility index (Phi) is 9.93. The average molecular weight is 471 g/mol. The molecule has 1 saturated carbocycles. The highest BCUT2D eigenvalue weighted by Crippen LogP contribution is 2.31. The molecule has 2 aliphatic rings. The number of rotatable bonds is 6. The average Bonchev–Trinajstić information content (AvgIpc) is 2.89. The minimum absolute atomic E-state index is 0. The van der Waals surface area contributed by atoms with E-state index in [-0.39, 0.29) is 35.8 Å². The van der Waals surface area contributed by atoms with Crippen LogP contribution in [0.5, 0.6) is 0 Å². The molecule has 0 aromatic carbocycles. The summed E-state index contributed by atoms with van der Waals surface area (Å²) in [7, 11) is -1.09. The third-order valence-corrected chi connectivity index (χ3v) is 7.06. The van der Waals surface area contributed by atoms with Crippen molar-refractivity contribution < 1.29 is 8.42 Å². The highest BCUT2D eigenvalue weighted by Gasteiger charge is 2.28. The zero-order valence-electron chi connectivity index (χ0n) is 15.1. The summed E-state index contributed by atoms with van der Waals surface area (Å²) in [5.74, 6) is 2.94. The second-order valence-electron chi connectivity index (χ2n) is 7.23. The first-order valence-electron chi connectivity index (χ1n) is 9.20. The Morgan fingerprint density at radius 3 is 2.33 bits per heavy atom. The van der Waals surface area contributed by atoms with Crippen LogP contribution >= 0.6 is 24.0 Å². The Hall–Kier alpha value is -0.0500. The van der Waals surface area contributed by atoms with Gasteiger partial charge in [0.2, 0.25) is 0 Å². The van der Waals surface area contributed by atoms with Crippen molar-refractivity contribution in [2.45, 2.75) is 64.3 Å². The highest BCUT2D eigenvalue weighted by atomic mass is 127. The van der Waals surface area contributed by atoms with E-state index in [0.717, 1.165) is 24.3 Å². The van der Waals surface area contributed by atoms with Gasteiger partial charge in [0.05, 0.1) is 11.5 Å². The van der Waals surface area contributed by atoms with Crippen LogP contribution in [0.2, 0.25) is 0 Å². The van der Waals surface area contributed by atoms with E-state index < -0.39 is 9.84 Å². The maximum Gasteiger partial charge on any atom is 0.191 e. The first-order valence-corrected chi connectivity index (χ1v) is 11.0. The van der Waals surface area contributed by atoms with E-state index in [1.165, 1.54) is 44.9 Å². The largest absolute Gasteiger partial charge is 0.356 e. The lowest BCUT2D eigenvalue weighted by Crippen LogP contribution is -2.45. The fraction of sp³-hybridized carbons (Fsp3) is 0.941. The standard InChI is InChI=1S/C17H33N3O2S.HI/c1-3-4-5-14-6-8-15(9-7-14)12-19-17(18-2)20-16-10-11-23(21,22)13-16;/h14-16H,3-13H2,1-2H3,(H2,18,19,20);1H. The molecule has 24 heavy (non-hydrogen) atoms. The number of aliphatic imine (C=N–C) groups is 1. The SMILES string of the molecule is CCCCC1CCC(CNC(=NC)NC2CCS(=O)(=O)C2)CC1.I. The van der Waals surface area contributed by atoms with Gasteiger partial charge in [-0.25, -0.2) is 8.42 Å². The molecule has 0 amide bonds. The zero-order chi connectivity index (χ0) is 16.7. The number of guanidine groups is 1.